The zero-order valence-electron chi connectivity index (χ0n) is 8.27. The summed E-state index contributed by atoms with van der Waals surface area (Å²) in [6.45, 7) is 1.35. The van der Waals surface area contributed by atoms with Crippen molar-refractivity contribution >= 4 is 22.4 Å². The second-order valence-electron chi connectivity index (χ2n) is 4.05. The maximum Gasteiger partial charge on any atom is 0.211 e. The highest BCUT2D eigenvalue weighted by Crippen LogP contribution is 2.21. The van der Waals surface area contributed by atoms with Crippen LogP contribution in [0.25, 0.3) is 0 Å². The summed E-state index contributed by atoms with van der Waals surface area (Å²) in [6.07, 6.45) is 4.59. The van der Waals surface area contributed by atoms with E-state index < -0.39 is 10.0 Å². The van der Waals surface area contributed by atoms with Gasteiger partial charge in [0.2, 0.25) is 10.0 Å². The molecule has 2 unspecified atom stereocenters. The SMILES string of the molecule is CS(=O)(=O)N1CCC2CCC(C1)N2.Cl. The fraction of sp³-hybridized carbons (Fsp3) is 1.00. The monoisotopic (exact) mass is 240 g/mol. The molecule has 0 aromatic heterocycles. The first kappa shape index (κ1) is 12.2. The number of sulfonamides is 1. The highest BCUT2D eigenvalue weighted by Gasteiger charge is 2.32. The smallest absolute Gasteiger partial charge is 0.211 e. The fourth-order valence-corrected chi connectivity index (χ4v) is 3.10. The van der Waals surface area contributed by atoms with Crippen molar-refractivity contribution in [1.82, 2.24) is 9.62 Å². The molecular weight excluding hydrogens is 224 g/mol. The van der Waals surface area contributed by atoms with Crippen LogP contribution in [0.2, 0.25) is 0 Å². The summed E-state index contributed by atoms with van der Waals surface area (Å²) in [4.78, 5) is 0. The molecule has 0 radical (unpaired) electrons. The normalized spacial score (nSPS) is 33.5. The van der Waals surface area contributed by atoms with Gasteiger partial charge < -0.3 is 5.32 Å². The number of fused-ring (bicyclic) bond motifs is 2. The summed E-state index contributed by atoms with van der Waals surface area (Å²) in [7, 11) is -2.98. The molecule has 2 heterocycles. The predicted molar refractivity (Wildman–Crippen MR) is 58.2 cm³/mol. The molecule has 4 nitrogen and oxygen atoms in total. The van der Waals surface area contributed by atoms with Crippen molar-refractivity contribution in [2.45, 2.75) is 31.3 Å². The highest BCUT2D eigenvalue weighted by molar-refractivity contribution is 7.88. The van der Waals surface area contributed by atoms with Gasteiger partial charge in [0.1, 0.15) is 0 Å². The maximum atomic E-state index is 11.3. The van der Waals surface area contributed by atoms with E-state index in [1.165, 1.54) is 12.7 Å². The molecule has 0 aromatic rings. The maximum absolute atomic E-state index is 11.3. The van der Waals surface area contributed by atoms with Gasteiger partial charge in [-0.2, -0.15) is 0 Å². The Morgan fingerprint density at radius 3 is 2.50 bits per heavy atom. The van der Waals surface area contributed by atoms with Crippen LogP contribution >= 0.6 is 12.4 Å². The first-order valence-corrected chi connectivity index (χ1v) is 6.62. The molecule has 6 heteroatoms. The number of nitrogens with zero attached hydrogens (tertiary/aromatic N) is 1. The minimum atomic E-state index is -2.98. The molecule has 0 amide bonds. The fourth-order valence-electron chi connectivity index (χ4n) is 2.21. The number of hydrogen-bond acceptors (Lipinski definition) is 3. The van der Waals surface area contributed by atoms with Crippen LogP contribution in [-0.4, -0.2) is 44.2 Å². The molecule has 2 saturated heterocycles. The third-order valence-electron chi connectivity index (χ3n) is 2.95. The molecule has 2 fully saturated rings. The first-order valence-electron chi connectivity index (χ1n) is 4.77. The standard InChI is InChI=1S/C8H16N2O2S.ClH/c1-13(11,12)10-5-4-7-2-3-8(6-10)9-7;/h7-9H,2-6H2,1H3;1H. The van der Waals surface area contributed by atoms with Gasteiger partial charge >= 0.3 is 0 Å². The molecule has 2 aliphatic rings. The summed E-state index contributed by atoms with van der Waals surface area (Å²) in [5, 5.41) is 3.45. The summed E-state index contributed by atoms with van der Waals surface area (Å²) in [5.41, 5.74) is 0. The Labute approximate surface area is 91.5 Å². The molecule has 0 spiro atoms. The summed E-state index contributed by atoms with van der Waals surface area (Å²) in [6, 6.07) is 0.943. The highest BCUT2D eigenvalue weighted by atomic mass is 35.5. The molecular formula is C8H17ClN2O2S. The van der Waals surface area contributed by atoms with Gasteiger partial charge in [0, 0.05) is 25.2 Å². The first-order chi connectivity index (χ1) is 6.05. The van der Waals surface area contributed by atoms with Crippen LogP contribution in [0.4, 0.5) is 0 Å². The quantitative estimate of drug-likeness (QED) is 0.712. The van der Waals surface area contributed by atoms with E-state index in [2.05, 4.69) is 5.32 Å². The molecule has 0 aromatic carbocycles. The van der Waals surface area contributed by atoms with Crippen LogP contribution in [0.1, 0.15) is 19.3 Å². The number of rotatable bonds is 1. The molecule has 84 valence electrons. The van der Waals surface area contributed by atoms with Gasteiger partial charge in [0.25, 0.3) is 0 Å². The van der Waals surface area contributed by atoms with Gasteiger partial charge in [0.05, 0.1) is 6.26 Å². The lowest BCUT2D eigenvalue weighted by atomic mass is 10.1. The Morgan fingerprint density at radius 1 is 1.21 bits per heavy atom. The van der Waals surface area contributed by atoms with E-state index in [1.54, 1.807) is 4.31 Å². The summed E-state index contributed by atoms with van der Waals surface area (Å²) in [5.74, 6) is 0. The largest absolute Gasteiger partial charge is 0.310 e. The molecule has 2 atom stereocenters. The number of hydrogen-bond donors (Lipinski definition) is 1. The van der Waals surface area contributed by atoms with Crippen LogP contribution in [0.3, 0.4) is 0 Å². The van der Waals surface area contributed by atoms with Crippen molar-refractivity contribution in [3.05, 3.63) is 0 Å². The van der Waals surface area contributed by atoms with Gasteiger partial charge in [-0.05, 0) is 19.3 Å². The van der Waals surface area contributed by atoms with Gasteiger partial charge in [-0.15, -0.1) is 12.4 Å². The molecule has 14 heavy (non-hydrogen) atoms. The average molecular weight is 241 g/mol. The van der Waals surface area contributed by atoms with Crippen molar-refractivity contribution in [3.8, 4) is 0 Å². The topological polar surface area (TPSA) is 49.4 Å². The molecule has 0 saturated carbocycles. The Balaban J connectivity index is 0.000000980. The van der Waals surface area contributed by atoms with Gasteiger partial charge in [0.15, 0.2) is 0 Å². The van der Waals surface area contributed by atoms with Crippen molar-refractivity contribution in [2.24, 2.45) is 0 Å². The zero-order valence-corrected chi connectivity index (χ0v) is 9.90. The molecule has 2 aliphatic heterocycles. The van der Waals surface area contributed by atoms with Crippen LogP contribution in [-0.2, 0) is 10.0 Å². The lowest BCUT2D eigenvalue weighted by molar-refractivity contribution is 0.386. The van der Waals surface area contributed by atoms with Crippen molar-refractivity contribution in [2.75, 3.05) is 19.3 Å². The summed E-state index contributed by atoms with van der Waals surface area (Å²) >= 11 is 0. The van der Waals surface area contributed by atoms with Gasteiger partial charge in [-0.3, -0.25) is 0 Å². The second kappa shape index (κ2) is 4.35. The molecule has 0 aliphatic carbocycles. The zero-order chi connectivity index (χ0) is 9.47. The predicted octanol–water partition coefficient (Wildman–Crippen LogP) is 0.194. The van der Waals surface area contributed by atoms with E-state index in [4.69, 9.17) is 0 Å². The lowest BCUT2D eigenvalue weighted by Crippen LogP contribution is -2.38. The van der Waals surface area contributed by atoms with Crippen LogP contribution in [0.5, 0.6) is 0 Å². The minimum Gasteiger partial charge on any atom is -0.310 e. The van der Waals surface area contributed by atoms with Crippen LogP contribution < -0.4 is 5.32 Å². The van der Waals surface area contributed by atoms with Gasteiger partial charge in [-0.25, -0.2) is 12.7 Å². The molecule has 1 N–H and O–H groups in total. The van der Waals surface area contributed by atoms with E-state index in [9.17, 15) is 8.42 Å². The third-order valence-corrected chi connectivity index (χ3v) is 4.22. The van der Waals surface area contributed by atoms with Crippen molar-refractivity contribution < 1.29 is 8.42 Å². The Bertz CT molecular complexity index is 294. The van der Waals surface area contributed by atoms with Crippen molar-refractivity contribution in [1.29, 1.82) is 0 Å². The van der Waals surface area contributed by atoms with Crippen molar-refractivity contribution in [3.63, 3.8) is 0 Å². The minimum absolute atomic E-state index is 0. The van der Waals surface area contributed by atoms with E-state index >= 15 is 0 Å². The lowest BCUT2D eigenvalue weighted by Gasteiger charge is -2.21. The average Bonchev–Trinajstić information content (AvgIpc) is 2.27. The van der Waals surface area contributed by atoms with Crippen LogP contribution in [0.15, 0.2) is 0 Å². The molecule has 2 bridgehead atoms. The number of halogens is 1. The van der Waals surface area contributed by atoms with E-state index in [-0.39, 0.29) is 12.4 Å². The van der Waals surface area contributed by atoms with E-state index in [0.29, 0.717) is 25.2 Å². The van der Waals surface area contributed by atoms with Crippen LogP contribution in [0, 0.1) is 0 Å². The second-order valence-corrected chi connectivity index (χ2v) is 6.03. The molecule has 2 rings (SSSR count). The Hall–Kier alpha value is 0.160. The Morgan fingerprint density at radius 2 is 1.86 bits per heavy atom. The van der Waals surface area contributed by atoms with Gasteiger partial charge in [-0.1, -0.05) is 0 Å². The Kier molecular flexibility index (Phi) is 3.80. The third kappa shape index (κ3) is 2.59. The van der Waals surface area contributed by atoms with E-state index in [1.807, 2.05) is 0 Å². The summed E-state index contributed by atoms with van der Waals surface area (Å²) < 4.78 is 24.2. The van der Waals surface area contributed by atoms with E-state index in [0.717, 1.165) is 12.8 Å². The number of nitrogens with one attached hydrogen (secondary N) is 1.